The van der Waals surface area contributed by atoms with Crippen LogP contribution in [0.5, 0.6) is 5.75 Å². The molecule has 1 heterocycles. The molecular formula is C20H21N3O4S. The van der Waals surface area contributed by atoms with Crippen LogP contribution in [0.2, 0.25) is 0 Å². The standard InChI is InChI=1S/C20H21N3O4S/c1-2-27-18-9-11-19(12-10-18)28(25,26)22-13-3-4-16-5-7-17(8-6-16)23-15-14-21-20(23)24/h5-12,22H,2,13-15H2,1H3,(H,21,24). The molecule has 0 bridgehead atoms. The highest BCUT2D eigenvalue weighted by molar-refractivity contribution is 7.89. The zero-order chi connectivity index (χ0) is 20.0. The smallest absolute Gasteiger partial charge is 0.321 e. The van der Waals surface area contributed by atoms with Gasteiger partial charge in [0.25, 0.3) is 0 Å². The van der Waals surface area contributed by atoms with E-state index in [9.17, 15) is 13.2 Å². The quantitative estimate of drug-likeness (QED) is 0.727. The highest BCUT2D eigenvalue weighted by Crippen LogP contribution is 2.17. The zero-order valence-electron chi connectivity index (χ0n) is 15.4. The first kappa shape index (κ1) is 19.7. The van der Waals surface area contributed by atoms with Crippen molar-refractivity contribution in [2.24, 2.45) is 0 Å². The number of urea groups is 1. The van der Waals surface area contributed by atoms with E-state index in [1.165, 1.54) is 12.1 Å². The van der Waals surface area contributed by atoms with Gasteiger partial charge in [0, 0.05) is 24.3 Å². The van der Waals surface area contributed by atoms with Crippen LogP contribution in [0.1, 0.15) is 12.5 Å². The van der Waals surface area contributed by atoms with Crippen molar-refractivity contribution in [3.63, 3.8) is 0 Å². The Morgan fingerprint density at radius 1 is 1.14 bits per heavy atom. The topological polar surface area (TPSA) is 87.7 Å². The number of anilines is 1. The van der Waals surface area contributed by atoms with Crippen molar-refractivity contribution in [1.29, 1.82) is 0 Å². The average molecular weight is 399 g/mol. The molecule has 1 aliphatic heterocycles. The number of hydrogen-bond acceptors (Lipinski definition) is 4. The summed E-state index contributed by atoms with van der Waals surface area (Å²) < 4.78 is 32.3. The maximum atomic E-state index is 12.3. The predicted molar refractivity (Wildman–Crippen MR) is 107 cm³/mol. The normalized spacial score (nSPS) is 13.6. The number of nitrogens with zero attached hydrogens (tertiary/aromatic N) is 1. The Bertz CT molecular complexity index is 990. The van der Waals surface area contributed by atoms with E-state index in [-0.39, 0.29) is 17.5 Å². The molecule has 7 nitrogen and oxygen atoms in total. The third kappa shape index (κ3) is 4.82. The van der Waals surface area contributed by atoms with Crippen molar-refractivity contribution in [1.82, 2.24) is 10.0 Å². The van der Waals surface area contributed by atoms with E-state index in [2.05, 4.69) is 21.9 Å². The van der Waals surface area contributed by atoms with Crippen LogP contribution in [0.15, 0.2) is 53.4 Å². The van der Waals surface area contributed by atoms with Crippen molar-refractivity contribution < 1.29 is 17.9 Å². The Kier molecular flexibility index (Phi) is 6.19. The second-order valence-electron chi connectivity index (χ2n) is 5.96. The summed E-state index contributed by atoms with van der Waals surface area (Å²) in [6.07, 6.45) is 0. The van der Waals surface area contributed by atoms with Crippen LogP contribution in [0.3, 0.4) is 0 Å². The molecule has 0 aliphatic carbocycles. The largest absolute Gasteiger partial charge is 0.494 e. The number of sulfonamides is 1. The molecule has 2 aromatic rings. The summed E-state index contributed by atoms with van der Waals surface area (Å²) in [6, 6.07) is 13.4. The van der Waals surface area contributed by atoms with Gasteiger partial charge in [-0.25, -0.2) is 13.2 Å². The van der Waals surface area contributed by atoms with Gasteiger partial charge in [0.15, 0.2) is 0 Å². The summed E-state index contributed by atoms with van der Waals surface area (Å²) in [7, 11) is -3.63. The Morgan fingerprint density at radius 3 is 2.46 bits per heavy atom. The molecule has 1 fully saturated rings. The first-order chi connectivity index (χ1) is 13.5. The highest BCUT2D eigenvalue weighted by atomic mass is 32.2. The second kappa shape index (κ2) is 8.78. The lowest BCUT2D eigenvalue weighted by Crippen LogP contribution is -2.27. The van der Waals surface area contributed by atoms with Crippen LogP contribution >= 0.6 is 0 Å². The fourth-order valence-electron chi connectivity index (χ4n) is 2.69. The maximum absolute atomic E-state index is 12.3. The molecule has 0 atom stereocenters. The Morgan fingerprint density at radius 2 is 1.86 bits per heavy atom. The van der Waals surface area contributed by atoms with Gasteiger partial charge in [-0.15, -0.1) is 0 Å². The van der Waals surface area contributed by atoms with Gasteiger partial charge < -0.3 is 10.1 Å². The third-order valence-corrected chi connectivity index (χ3v) is 5.48. The number of carbonyl (C=O) groups is 1. The minimum atomic E-state index is -3.63. The molecule has 2 aromatic carbocycles. The second-order valence-corrected chi connectivity index (χ2v) is 7.73. The lowest BCUT2D eigenvalue weighted by molar-refractivity contribution is 0.252. The Balaban J connectivity index is 1.57. The van der Waals surface area contributed by atoms with E-state index in [0.29, 0.717) is 25.4 Å². The third-order valence-electron chi connectivity index (χ3n) is 4.06. The molecule has 28 heavy (non-hydrogen) atoms. The highest BCUT2D eigenvalue weighted by Gasteiger charge is 2.20. The molecule has 0 saturated carbocycles. The van der Waals surface area contributed by atoms with Gasteiger partial charge in [-0.2, -0.15) is 4.72 Å². The SMILES string of the molecule is CCOc1ccc(S(=O)(=O)NCC#Cc2ccc(N3CCNC3=O)cc2)cc1. The first-order valence-corrected chi connectivity index (χ1v) is 10.3. The molecule has 146 valence electrons. The molecular weight excluding hydrogens is 378 g/mol. The van der Waals surface area contributed by atoms with Crippen LogP contribution in [-0.4, -0.2) is 40.7 Å². The van der Waals surface area contributed by atoms with Gasteiger partial charge in [0.1, 0.15) is 5.75 Å². The van der Waals surface area contributed by atoms with Crippen molar-refractivity contribution in [2.45, 2.75) is 11.8 Å². The average Bonchev–Trinajstić information content (AvgIpc) is 3.12. The molecule has 0 radical (unpaired) electrons. The predicted octanol–water partition coefficient (Wildman–Crippen LogP) is 1.94. The van der Waals surface area contributed by atoms with Crippen molar-refractivity contribution >= 4 is 21.7 Å². The summed E-state index contributed by atoms with van der Waals surface area (Å²) in [5, 5.41) is 2.75. The zero-order valence-corrected chi connectivity index (χ0v) is 16.3. The molecule has 8 heteroatoms. The van der Waals surface area contributed by atoms with Crippen LogP contribution in [0.25, 0.3) is 0 Å². The molecule has 1 saturated heterocycles. The minimum Gasteiger partial charge on any atom is -0.494 e. The number of rotatable bonds is 6. The summed E-state index contributed by atoms with van der Waals surface area (Å²) >= 11 is 0. The van der Waals surface area contributed by atoms with Gasteiger partial charge in [-0.1, -0.05) is 11.8 Å². The monoisotopic (exact) mass is 399 g/mol. The van der Waals surface area contributed by atoms with E-state index < -0.39 is 10.0 Å². The minimum absolute atomic E-state index is 0.00811. The van der Waals surface area contributed by atoms with E-state index in [4.69, 9.17) is 4.74 Å². The fraction of sp³-hybridized carbons (Fsp3) is 0.250. The lowest BCUT2D eigenvalue weighted by atomic mass is 10.2. The molecule has 0 spiro atoms. The van der Waals surface area contributed by atoms with Gasteiger partial charge in [0.05, 0.1) is 18.0 Å². The lowest BCUT2D eigenvalue weighted by Gasteiger charge is -2.13. The van der Waals surface area contributed by atoms with E-state index >= 15 is 0 Å². The van der Waals surface area contributed by atoms with Gasteiger partial charge in [-0.05, 0) is 55.5 Å². The van der Waals surface area contributed by atoms with E-state index in [0.717, 1.165) is 11.3 Å². The molecule has 2 amide bonds. The number of carbonyl (C=O) groups excluding carboxylic acids is 1. The van der Waals surface area contributed by atoms with Gasteiger partial charge in [-0.3, -0.25) is 4.90 Å². The maximum Gasteiger partial charge on any atom is 0.321 e. The van der Waals surface area contributed by atoms with E-state index in [1.54, 1.807) is 29.2 Å². The Labute approximate surface area is 164 Å². The first-order valence-electron chi connectivity index (χ1n) is 8.86. The molecule has 0 unspecified atom stereocenters. The number of nitrogens with one attached hydrogen (secondary N) is 2. The van der Waals surface area contributed by atoms with E-state index in [1.807, 2.05) is 19.1 Å². The summed E-state index contributed by atoms with van der Waals surface area (Å²) in [5.74, 6) is 6.33. The number of hydrogen-bond donors (Lipinski definition) is 2. The molecule has 1 aliphatic rings. The van der Waals surface area contributed by atoms with Gasteiger partial charge in [0.2, 0.25) is 10.0 Å². The van der Waals surface area contributed by atoms with Crippen molar-refractivity contribution in [3.8, 4) is 17.6 Å². The molecule has 3 rings (SSSR count). The summed E-state index contributed by atoms with van der Waals surface area (Å²) in [6.45, 7) is 3.64. The summed E-state index contributed by atoms with van der Waals surface area (Å²) in [5.41, 5.74) is 1.54. The number of ether oxygens (including phenoxy) is 1. The van der Waals surface area contributed by atoms with Gasteiger partial charge >= 0.3 is 6.03 Å². The van der Waals surface area contributed by atoms with Crippen LogP contribution in [0, 0.1) is 11.8 Å². The molecule has 2 N–H and O–H groups in total. The summed E-state index contributed by atoms with van der Waals surface area (Å²) in [4.78, 5) is 13.5. The molecule has 0 aromatic heterocycles. The number of benzene rings is 2. The van der Waals surface area contributed by atoms with Crippen molar-refractivity contribution in [2.75, 3.05) is 31.1 Å². The van der Waals surface area contributed by atoms with Crippen LogP contribution in [-0.2, 0) is 10.0 Å². The fourth-order valence-corrected chi connectivity index (χ4v) is 3.61. The van der Waals surface area contributed by atoms with Crippen molar-refractivity contribution in [3.05, 3.63) is 54.1 Å². The number of amides is 2. The van der Waals surface area contributed by atoms with Crippen LogP contribution < -0.4 is 19.7 Å². The Hall–Kier alpha value is -3.02. The van der Waals surface area contributed by atoms with Crippen LogP contribution in [0.4, 0.5) is 10.5 Å².